The third kappa shape index (κ3) is 3.37. The Kier molecular flexibility index (Phi) is 4.87. The van der Waals surface area contributed by atoms with Crippen LogP contribution in [0.25, 0.3) is 0 Å². The molecule has 0 aromatic heterocycles. The van der Waals surface area contributed by atoms with Crippen LogP contribution < -0.4 is 11.2 Å². The first-order valence-corrected chi connectivity index (χ1v) is 9.43. The van der Waals surface area contributed by atoms with E-state index in [0.29, 0.717) is 24.1 Å². The van der Waals surface area contributed by atoms with Gasteiger partial charge in [-0.05, 0) is 23.5 Å². The topological polar surface area (TPSA) is 99.2 Å². The largest absolute Gasteiger partial charge is 0.383 e. The number of nitrogens with one attached hydrogen (secondary N) is 1. The number of hydrazine groups is 1. The molecule has 2 aliphatic rings. The zero-order chi connectivity index (χ0) is 19.9. The Bertz CT molecular complexity index is 940. The van der Waals surface area contributed by atoms with Crippen molar-refractivity contribution in [3.05, 3.63) is 57.0 Å². The number of ketones is 1. The highest BCUT2D eigenvalue weighted by molar-refractivity contribution is 9.10. The number of nitrogens with two attached hydrogens (primary N) is 1. The number of halogens is 1. The molecule has 1 heterocycles. The number of carbonyl (C=O) groups excluding carboxylic acids is 2. The Labute approximate surface area is 166 Å². The lowest BCUT2D eigenvalue weighted by Gasteiger charge is -2.43. The van der Waals surface area contributed by atoms with E-state index >= 15 is 0 Å². The lowest BCUT2D eigenvalue weighted by molar-refractivity contribution is -0.123. The Morgan fingerprint density at radius 2 is 2.04 bits per heavy atom. The molecule has 0 saturated heterocycles. The molecule has 1 amide bonds. The highest BCUT2D eigenvalue weighted by atomic mass is 79.9. The smallest absolute Gasteiger partial charge is 0.235 e. The van der Waals surface area contributed by atoms with E-state index in [2.05, 4.69) is 27.4 Å². The van der Waals surface area contributed by atoms with Crippen LogP contribution in [0.4, 0.5) is 0 Å². The highest BCUT2D eigenvalue weighted by Gasteiger charge is 2.45. The number of nitrogens with zero attached hydrogens (tertiary/aromatic N) is 2. The Morgan fingerprint density at radius 1 is 1.37 bits per heavy atom. The maximum Gasteiger partial charge on any atom is 0.235 e. The number of Topliss-reactive ketones (excluding diaryl/α,β-unsaturated/α-hetero) is 1. The van der Waals surface area contributed by atoms with Gasteiger partial charge in [0, 0.05) is 23.4 Å². The lowest BCUT2D eigenvalue weighted by atomic mass is 9.69. The molecule has 0 bridgehead atoms. The first kappa shape index (κ1) is 19.2. The summed E-state index contributed by atoms with van der Waals surface area (Å²) in [7, 11) is 0. The third-order valence-electron chi connectivity index (χ3n) is 4.87. The van der Waals surface area contributed by atoms with E-state index in [4.69, 9.17) is 5.73 Å². The monoisotopic (exact) mass is 428 g/mol. The van der Waals surface area contributed by atoms with E-state index in [-0.39, 0.29) is 28.5 Å². The van der Waals surface area contributed by atoms with Gasteiger partial charge in [0.25, 0.3) is 0 Å². The molecule has 0 fully saturated rings. The number of carbonyl (C=O) groups is 2. The fraction of sp³-hybridized carbons (Fsp3) is 0.350. The molecule has 1 atom stereocenters. The van der Waals surface area contributed by atoms with E-state index < -0.39 is 5.92 Å². The van der Waals surface area contributed by atoms with Gasteiger partial charge in [0.15, 0.2) is 5.78 Å². The van der Waals surface area contributed by atoms with E-state index in [1.807, 2.05) is 38.1 Å². The lowest BCUT2D eigenvalue weighted by Crippen LogP contribution is -2.49. The summed E-state index contributed by atoms with van der Waals surface area (Å²) in [6, 6.07) is 9.65. The van der Waals surface area contributed by atoms with Gasteiger partial charge < -0.3 is 5.73 Å². The van der Waals surface area contributed by atoms with E-state index in [0.717, 1.165) is 10.0 Å². The van der Waals surface area contributed by atoms with Gasteiger partial charge in [0.2, 0.25) is 5.91 Å². The average molecular weight is 429 g/mol. The molecule has 3 rings (SSSR count). The van der Waals surface area contributed by atoms with Crippen molar-refractivity contribution in [2.75, 3.05) is 0 Å². The van der Waals surface area contributed by atoms with Gasteiger partial charge in [0.05, 0.1) is 23.3 Å². The number of rotatable bonds is 2. The van der Waals surface area contributed by atoms with Crippen LogP contribution in [0.15, 0.2) is 51.4 Å². The number of allylic oxidation sites excluding steroid dienone is 3. The van der Waals surface area contributed by atoms with Gasteiger partial charge in [-0.2, -0.15) is 5.26 Å². The predicted octanol–water partition coefficient (Wildman–Crippen LogP) is 3.24. The van der Waals surface area contributed by atoms with Crippen molar-refractivity contribution in [2.45, 2.75) is 39.5 Å². The van der Waals surface area contributed by atoms with Crippen LogP contribution in [-0.2, 0) is 9.59 Å². The predicted molar refractivity (Wildman–Crippen MR) is 104 cm³/mol. The standard InChI is InChI=1S/C20H21BrN4O2/c1-11(26)24-25-15-8-20(2,3)9-16(27)18(15)17(13(10-22)19(25)23)12-6-4-5-7-14(12)21/h4-7,17H,8-9,23H2,1-3H3,(H,24,26). The molecule has 1 unspecified atom stereocenters. The normalized spacial score (nSPS) is 21.7. The second-order valence-corrected chi connectivity index (χ2v) is 8.52. The Morgan fingerprint density at radius 3 is 2.63 bits per heavy atom. The molecule has 1 aliphatic carbocycles. The second kappa shape index (κ2) is 6.86. The molecule has 27 heavy (non-hydrogen) atoms. The average Bonchev–Trinajstić information content (AvgIpc) is 2.56. The van der Waals surface area contributed by atoms with Gasteiger partial charge in [-0.1, -0.05) is 48.0 Å². The molecule has 0 radical (unpaired) electrons. The maximum atomic E-state index is 13.2. The Hall–Kier alpha value is -2.59. The van der Waals surface area contributed by atoms with Crippen LogP contribution in [0.5, 0.6) is 0 Å². The van der Waals surface area contributed by atoms with Gasteiger partial charge in [-0.15, -0.1) is 0 Å². The molecule has 0 spiro atoms. The Balaban J connectivity index is 2.29. The van der Waals surface area contributed by atoms with Gasteiger partial charge in [-0.3, -0.25) is 15.0 Å². The quantitative estimate of drug-likeness (QED) is 0.752. The van der Waals surface area contributed by atoms with Crippen molar-refractivity contribution in [3.63, 3.8) is 0 Å². The van der Waals surface area contributed by atoms with Crippen LogP contribution in [-0.4, -0.2) is 16.7 Å². The summed E-state index contributed by atoms with van der Waals surface area (Å²) in [5.74, 6) is -0.762. The number of amides is 1. The minimum absolute atomic E-state index is 0.0300. The summed E-state index contributed by atoms with van der Waals surface area (Å²) in [5.41, 5.74) is 11.0. The molecular formula is C20H21BrN4O2. The molecule has 1 aromatic rings. The zero-order valence-corrected chi connectivity index (χ0v) is 17.1. The molecule has 3 N–H and O–H groups in total. The molecule has 7 heteroatoms. The molecule has 0 saturated carbocycles. The molecule has 6 nitrogen and oxygen atoms in total. The van der Waals surface area contributed by atoms with Crippen molar-refractivity contribution in [2.24, 2.45) is 11.1 Å². The fourth-order valence-electron chi connectivity index (χ4n) is 3.81. The molecule has 140 valence electrons. The van der Waals surface area contributed by atoms with Crippen molar-refractivity contribution < 1.29 is 9.59 Å². The van der Waals surface area contributed by atoms with Crippen LogP contribution in [0, 0.1) is 16.7 Å². The van der Waals surface area contributed by atoms with E-state index in [1.165, 1.54) is 11.9 Å². The van der Waals surface area contributed by atoms with Crippen LogP contribution >= 0.6 is 15.9 Å². The van der Waals surface area contributed by atoms with Gasteiger partial charge >= 0.3 is 0 Å². The number of hydrogen-bond donors (Lipinski definition) is 2. The summed E-state index contributed by atoms with van der Waals surface area (Å²) in [4.78, 5) is 24.9. The van der Waals surface area contributed by atoms with Crippen LogP contribution in [0.1, 0.15) is 45.1 Å². The summed E-state index contributed by atoms with van der Waals surface area (Å²) in [5, 5.41) is 11.3. The summed E-state index contributed by atoms with van der Waals surface area (Å²) < 4.78 is 0.799. The zero-order valence-electron chi connectivity index (χ0n) is 15.5. The third-order valence-corrected chi connectivity index (χ3v) is 5.59. The number of hydrogen-bond acceptors (Lipinski definition) is 5. The van der Waals surface area contributed by atoms with Gasteiger partial charge in [-0.25, -0.2) is 5.01 Å². The summed E-state index contributed by atoms with van der Waals surface area (Å²) in [6.07, 6.45) is 0.939. The molecular weight excluding hydrogens is 408 g/mol. The highest BCUT2D eigenvalue weighted by Crippen LogP contribution is 2.49. The minimum atomic E-state index is -0.561. The maximum absolute atomic E-state index is 13.2. The van der Waals surface area contributed by atoms with Crippen molar-refractivity contribution in [1.29, 1.82) is 5.26 Å². The van der Waals surface area contributed by atoms with Crippen molar-refractivity contribution in [1.82, 2.24) is 10.4 Å². The number of nitriles is 1. The van der Waals surface area contributed by atoms with Crippen molar-refractivity contribution in [3.8, 4) is 6.07 Å². The van der Waals surface area contributed by atoms with Crippen molar-refractivity contribution >= 4 is 27.6 Å². The molecule has 1 aromatic carbocycles. The van der Waals surface area contributed by atoms with E-state index in [1.54, 1.807) is 0 Å². The second-order valence-electron chi connectivity index (χ2n) is 7.67. The van der Waals surface area contributed by atoms with Crippen LogP contribution in [0.3, 0.4) is 0 Å². The SMILES string of the molecule is CC(=O)NN1C(N)=C(C#N)C(c2ccccc2Br)C2=C1CC(C)(C)CC2=O. The number of benzene rings is 1. The fourth-order valence-corrected chi connectivity index (χ4v) is 4.33. The first-order valence-electron chi connectivity index (χ1n) is 8.64. The van der Waals surface area contributed by atoms with Crippen LogP contribution in [0.2, 0.25) is 0 Å². The summed E-state index contributed by atoms with van der Waals surface area (Å²) >= 11 is 3.53. The summed E-state index contributed by atoms with van der Waals surface area (Å²) in [6.45, 7) is 5.39. The van der Waals surface area contributed by atoms with Gasteiger partial charge in [0.1, 0.15) is 5.82 Å². The van der Waals surface area contributed by atoms with E-state index in [9.17, 15) is 14.9 Å². The molecule has 1 aliphatic heterocycles. The minimum Gasteiger partial charge on any atom is -0.383 e. The first-order chi connectivity index (χ1) is 12.7.